The number of carboxylic acids is 1. The molecule has 16 heteroatoms. The molecule has 0 spiro atoms. The number of carboxylic acid groups (broad SMARTS) is 1. The molecule has 0 unspecified atom stereocenters. The Morgan fingerprint density at radius 2 is 0.841 bits per heavy atom. The molecule has 0 aliphatic carbocycles. The van der Waals surface area contributed by atoms with E-state index >= 15 is 0 Å². The Morgan fingerprint density at radius 1 is 0.523 bits per heavy atom. The molecule has 0 fully saturated rings. The number of nitrogens with zero attached hydrogens (tertiary/aromatic N) is 1. The Kier molecular flexibility index (Phi) is 26.2. The number of hydrogen-bond donors (Lipinski definition) is 2. The Balaban J connectivity index is 1.67. The van der Waals surface area contributed by atoms with Gasteiger partial charge in [-0.2, -0.15) is 0 Å². The van der Waals surface area contributed by atoms with Crippen LogP contribution in [-0.4, -0.2) is 166 Å². The zero-order valence-corrected chi connectivity index (χ0v) is 25.4. The average Bonchev–Trinajstić information content (AvgIpc) is 3.33. The lowest BCUT2D eigenvalue weighted by Crippen LogP contribution is -2.35. The molecule has 0 bridgehead atoms. The zero-order chi connectivity index (χ0) is 31.9. The van der Waals surface area contributed by atoms with Crippen molar-refractivity contribution in [2.24, 2.45) is 0 Å². The fourth-order valence-electron chi connectivity index (χ4n) is 3.24. The molecule has 2 N–H and O–H groups in total. The number of ether oxygens (including phenoxy) is 9. The fraction of sp³-hybridized carbons (Fsp3) is 0.786. The lowest BCUT2D eigenvalue weighted by atomic mass is 10.3. The Morgan fingerprint density at radius 3 is 1.18 bits per heavy atom. The van der Waals surface area contributed by atoms with E-state index < -0.39 is 17.8 Å². The SMILES string of the molecule is O=C(O)CCOCCOCCOCCOCCOCCOCCOCCOCCOCCNC(=O)CCN1C(=O)C=CC1=O. The van der Waals surface area contributed by atoms with E-state index in [-0.39, 0.29) is 31.9 Å². The number of carbonyl (C=O) groups excluding carboxylic acids is 3. The minimum Gasteiger partial charge on any atom is -0.481 e. The number of carbonyl (C=O) groups is 4. The van der Waals surface area contributed by atoms with Crippen LogP contribution in [0.3, 0.4) is 0 Å². The van der Waals surface area contributed by atoms with Gasteiger partial charge in [0.1, 0.15) is 0 Å². The second kappa shape index (κ2) is 29.2. The highest BCUT2D eigenvalue weighted by atomic mass is 16.6. The largest absolute Gasteiger partial charge is 0.481 e. The van der Waals surface area contributed by atoms with E-state index in [4.69, 9.17) is 47.7 Å². The Hall–Kier alpha value is -2.54. The van der Waals surface area contributed by atoms with Crippen LogP contribution in [0.2, 0.25) is 0 Å². The molecule has 0 radical (unpaired) electrons. The van der Waals surface area contributed by atoms with Crippen molar-refractivity contribution in [2.75, 3.05) is 132 Å². The van der Waals surface area contributed by atoms with Crippen LogP contribution in [-0.2, 0) is 61.8 Å². The van der Waals surface area contributed by atoms with E-state index in [1.807, 2.05) is 0 Å². The molecule has 254 valence electrons. The summed E-state index contributed by atoms with van der Waals surface area (Å²) in [5, 5.41) is 11.1. The van der Waals surface area contributed by atoms with Crippen molar-refractivity contribution < 1.29 is 66.9 Å². The van der Waals surface area contributed by atoms with E-state index in [0.29, 0.717) is 119 Å². The number of nitrogens with one attached hydrogen (secondary N) is 1. The maximum Gasteiger partial charge on any atom is 0.305 e. The van der Waals surface area contributed by atoms with Crippen molar-refractivity contribution in [3.8, 4) is 0 Å². The zero-order valence-electron chi connectivity index (χ0n) is 25.4. The minimum absolute atomic E-state index is 0.0116. The molecule has 1 heterocycles. The lowest BCUT2D eigenvalue weighted by Gasteiger charge is -2.13. The van der Waals surface area contributed by atoms with Gasteiger partial charge in [0.25, 0.3) is 11.8 Å². The average molecular weight is 637 g/mol. The number of imide groups is 1. The van der Waals surface area contributed by atoms with Gasteiger partial charge in [0.15, 0.2) is 0 Å². The molecule has 1 rings (SSSR count). The number of amides is 3. The van der Waals surface area contributed by atoms with Gasteiger partial charge in [-0.25, -0.2) is 0 Å². The monoisotopic (exact) mass is 636 g/mol. The van der Waals surface area contributed by atoms with Crippen molar-refractivity contribution in [1.29, 1.82) is 0 Å². The van der Waals surface area contributed by atoms with Crippen LogP contribution in [0.15, 0.2) is 12.2 Å². The maximum absolute atomic E-state index is 11.8. The van der Waals surface area contributed by atoms with Gasteiger partial charge in [0.05, 0.1) is 125 Å². The third-order valence-corrected chi connectivity index (χ3v) is 5.47. The third kappa shape index (κ3) is 24.9. The molecular formula is C28H48N2O14. The molecule has 1 aliphatic heterocycles. The van der Waals surface area contributed by atoms with E-state index in [2.05, 4.69) is 5.32 Å². The smallest absolute Gasteiger partial charge is 0.305 e. The lowest BCUT2D eigenvalue weighted by molar-refractivity contribution is -0.139. The van der Waals surface area contributed by atoms with Gasteiger partial charge >= 0.3 is 5.97 Å². The van der Waals surface area contributed by atoms with Gasteiger partial charge in [-0.15, -0.1) is 0 Å². The van der Waals surface area contributed by atoms with Gasteiger partial charge in [-0.1, -0.05) is 0 Å². The molecule has 0 aromatic heterocycles. The second-order valence-electron chi connectivity index (χ2n) is 8.92. The van der Waals surface area contributed by atoms with E-state index in [0.717, 1.165) is 4.90 Å². The molecule has 0 aromatic rings. The summed E-state index contributed by atoms with van der Waals surface area (Å²) in [6, 6.07) is 0. The van der Waals surface area contributed by atoms with Crippen LogP contribution >= 0.6 is 0 Å². The van der Waals surface area contributed by atoms with Crippen LogP contribution in [0, 0.1) is 0 Å². The van der Waals surface area contributed by atoms with Crippen LogP contribution < -0.4 is 5.32 Å². The number of aliphatic carboxylic acids is 1. The van der Waals surface area contributed by atoms with Crippen LogP contribution in [0.25, 0.3) is 0 Å². The van der Waals surface area contributed by atoms with Gasteiger partial charge in [0, 0.05) is 31.7 Å². The van der Waals surface area contributed by atoms with Crippen LogP contribution in [0.1, 0.15) is 12.8 Å². The summed E-state index contributed by atoms with van der Waals surface area (Å²) >= 11 is 0. The number of rotatable bonds is 33. The van der Waals surface area contributed by atoms with E-state index in [9.17, 15) is 19.2 Å². The summed E-state index contributed by atoms with van der Waals surface area (Å²) in [5.41, 5.74) is 0. The molecule has 3 amide bonds. The fourth-order valence-corrected chi connectivity index (χ4v) is 3.24. The topological polar surface area (TPSA) is 187 Å². The van der Waals surface area contributed by atoms with Gasteiger partial charge < -0.3 is 53.1 Å². The van der Waals surface area contributed by atoms with Crippen molar-refractivity contribution in [3.05, 3.63) is 12.2 Å². The van der Waals surface area contributed by atoms with Gasteiger partial charge in [-0.3, -0.25) is 24.1 Å². The molecule has 1 aliphatic rings. The normalized spacial score (nSPS) is 12.9. The maximum atomic E-state index is 11.8. The summed E-state index contributed by atoms with van der Waals surface area (Å²) in [5.74, 6) is -1.94. The van der Waals surface area contributed by atoms with Crippen molar-refractivity contribution in [1.82, 2.24) is 10.2 Å². The first-order valence-corrected chi connectivity index (χ1v) is 14.7. The van der Waals surface area contributed by atoms with Gasteiger partial charge in [0.2, 0.25) is 5.91 Å². The molecular weight excluding hydrogens is 588 g/mol. The first-order chi connectivity index (χ1) is 21.5. The predicted octanol–water partition coefficient (Wildman–Crippen LogP) is -0.958. The first kappa shape index (κ1) is 39.5. The molecule has 44 heavy (non-hydrogen) atoms. The van der Waals surface area contributed by atoms with Crippen molar-refractivity contribution >= 4 is 23.7 Å². The van der Waals surface area contributed by atoms with Crippen molar-refractivity contribution in [3.63, 3.8) is 0 Å². The minimum atomic E-state index is -0.883. The van der Waals surface area contributed by atoms with Crippen LogP contribution in [0.4, 0.5) is 0 Å². The van der Waals surface area contributed by atoms with Gasteiger partial charge in [-0.05, 0) is 0 Å². The molecule has 0 atom stereocenters. The van der Waals surface area contributed by atoms with Crippen molar-refractivity contribution in [2.45, 2.75) is 12.8 Å². The molecule has 0 saturated carbocycles. The molecule has 0 aromatic carbocycles. The third-order valence-electron chi connectivity index (χ3n) is 5.47. The summed E-state index contributed by atoms with van der Waals surface area (Å²) in [4.78, 5) is 46.0. The van der Waals surface area contributed by atoms with E-state index in [1.54, 1.807) is 0 Å². The highest BCUT2D eigenvalue weighted by Gasteiger charge is 2.23. The number of hydrogen-bond acceptors (Lipinski definition) is 13. The molecule has 0 saturated heterocycles. The molecule has 16 nitrogen and oxygen atoms in total. The Labute approximate surface area is 258 Å². The second-order valence-corrected chi connectivity index (χ2v) is 8.92. The highest BCUT2D eigenvalue weighted by molar-refractivity contribution is 6.13. The highest BCUT2D eigenvalue weighted by Crippen LogP contribution is 2.03. The predicted molar refractivity (Wildman–Crippen MR) is 153 cm³/mol. The standard InChI is InChI=1S/C28H48N2O14/c31-25(3-6-30-26(32)1-2-27(30)33)29-5-8-37-10-12-39-14-16-41-18-20-43-22-24-44-23-21-42-19-17-40-15-13-38-11-9-36-7-4-28(34)35/h1-2H,3-24H2,(H,29,31)(H,34,35). The summed E-state index contributed by atoms with van der Waals surface area (Å²) in [6.07, 6.45) is 2.41. The summed E-state index contributed by atoms with van der Waals surface area (Å²) in [6.45, 7) is 7.83. The van der Waals surface area contributed by atoms with Crippen LogP contribution in [0.5, 0.6) is 0 Å². The Bertz CT molecular complexity index is 780. The quantitative estimate of drug-likeness (QED) is 0.0663. The first-order valence-electron chi connectivity index (χ1n) is 14.7. The van der Waals surface area contributed by atoms with E-state index in [1.165, 1.54) is 12.2 Å². The summed E-state index contributed by atoms with van der Waals surface area (Å²) in [7, 11) is 0. The summed E-state index contributed by atoms with van der Waals surface area (Å²) < 4.78 is 48.3.